The Morgan fingerprint density at radius 3 is 1.12 bits per heavy atom. The maximum absolute atomic E-state index is 12.9. The first kappa shape index (κ1) is 73.2. The van der Waals surface area contributed by atoms with Crippen LogP contribution in [-0.2, 0) is 33.3 Å². The first-order valence-corrected chi connectivity index (χ1v) is 31.4. The van der Waals surface area contributed by atoms with Crippen LogP contribution in [0.4, 0.5) is 0 Å². The summed E-state index contributed by atoms with van der Waals surface area (Å²) in [4.78, 5) is 37.5. The number of likely N-dealkylation sites (N-methyl/N-ethyl adjacent to an activating group) is 1. The summed E-state index contributed by atoms with van der Waals surface area (Å²) in [6, 6.07) is 0. The zero-order chi connectivity index (χ0) is 56.2. The Balaban J connectivity index is 4.27. The number of carboxylic acid groups (broad SMARTS) is 1. The summed E-state index contributed by atoms with van der Waals surface area (Å²) >= 11 is 0. The fourth-order valence-corrected chi connectivity index (χ4v) is 8.52. The molecule has 0 saturated carbocycles. The minimum atomic E-state index is -1.52. The molecule has 2 unspecified atom stereocenters. The van der Waals surface area contributed by atoms with E-state index in [2.05, 4.69) is 111 Å². The van der Waals surface area contributed by atoms with Crippen molar-refractivity contribution in [3.8, 4) is 0 Å². The Bertz CT molecular complexity index is 1580. The average Bonchev–Trinajstić information content (AvgIpc) is 3.40. The molecule has 0 radical (unpaired) electrons. The minimum Gasteiger partial charge on any atom is -0.477 e. The van der Waals surface area contributed by atoms with Crippen molar-refractivity contribution in [3.05, 3.63) is 97.2 Å². The lowest BCUT2D eigenvalue weighted by molar-refractivity contribution is -0.870. The number of ether oxygens (including phenoxy) is 4. The molecule has 0 aromatic carbocycles. The number of esters is 2. The number of carbonyl (C=O) groups is 3. The molecular weight excluding hydrogens is 959 g/mol. The lowest BCUT2D eigenvalue weighted by Crippen LogP contribution is -2.40. The highest BCUT2D eigenvalue weighted by atomic mass is 16.7. The van der Waals surface area contributed by atoms with E-state index in [4.69, 9.17) is 18.9 Å². The average molecular weight is 1080 g/mol. The van der Waals surface area contributed by atoms with Crippen LogP contribution in [0.15, 0.2) is 97.2 Å². The maximum atomic E-state index is 12.9. The lowest BCUT2D eigenvalue weighted by atomic mass is 10.0. The second kappa shape index (κ2) is 58.4. The molecule has 0 bridgehead atoms. The summed E-state index contributed by atoms with van der Waals surface area (Å²) in [5.41, 5.74) is 0. The van der Waals surface area contributed by atoms with Gasteiger partial charge in [0.25, 0.3) is 6.29 Å². The van der Waals surface area contributed by atoms with Gasteiger partial charge in [0.1, 0.15) is 13.2 Å². The minimum absolute atomic E-state index is 0.179. The number of rotatable bonds is 57. The van der Waals surface area contributed by atoms with Crippen LogP contribution in [0.2, 0.25) is 0 Å². The highest BCUT2D eigenvalue weighted by molar-refractivity contribution is 5.71. The summed E-state index contributed by atoms with van der Waals surface area (Å²) in [7, 11) is 5.96. The number of hydrogen-bond donors (Lipinski definition) is 1. The molecular formula is C68H118NO8+. The number of allylic oxidation sites excluding steroid dienone is 16. The van der Waals surface area contributed by atoms with Gasteiger partial charge in [-0.1, -0.05) is 246 Å². The van der Waals surface area contributed by atoms with E-state index < -0.39 is 24.3 Å². The predicted octanol–water partition coefficient (Wildman–Crippen LogP) is 18.9. The molecule has 0 spiro atoms. The molecule has 0 aliphatic carbocycles. The van der Waals surface area contributed by atoms with Crippen LogP contribution in [-0.4, -0.2) is 87.4 Å². The zero-order valence-corrected chi connectivity index (χ0v) is 50.3. The van der Waals surface area contributed by atoms with E-state index in [9.17, 15) is 19.5 Å². The number of hydrogen-bond acceptors (Lipinski definition) is 7. The third-order valence-electron chi connectivity index (χ3n) is 13.3. The van der Waals surface area contributed by atoms with Gasteiger partial charge in [-0.05, 0) is 96.3 Å². The van der Waals surface area contributed by atoms with Crippen LogP contribution in [0.3, 0.4) is 0 Å². The van der Waals surface area contributed by atoms with Gasteiger partial charge >= 0.3 is 17.9 Å². The second-order valence-corrected chi connectivity index (χ2v) is 22.0. The maximum Gasteiger partial charge on any atom is 0.361 e. The monoisotopic (exact) mass is 1080 g/mol. The van der Waals surface area contributed by atoms with E-state index in [1.807, 2.05) is 21.1 Å². The van der Waals surface area contributed by atoms with Gasteiger partial charge in [0.2, 0.25) is 0 Å². The van der Waals surface area contributed by atoms with Crippen molar-refractivity contribution in [1.29, 1.82) is 0 Å². The van der Waals surface area contributed by atoms with Crippen molar-refractivity contribution in [3.63, 3.8) is 0 Å². The van der Waals surface area contributed by atoms with Crippen molar-refractivity contribution < 1.29 is 42.9 Å². The van der Waals surface area contributed by atoms with Crippen molar-refractivity contribution >= 4 is 17.9 Å². The molecule has 9 heteroatoms. The third-order valence-corrected chi connectivity index (χ3v) is 13.3. The molecule has 0 aromatic heterocycles. The van der Waals surface area contributed by atoms with Crippen LogP contribution < -0.4 is 0 Å². The molecule has 0 amide bonds. The van der Waals surface area contributed by atoms with Crippen molar-refractivity contribution in [2.75, 3.05) is 47.5 Å². The SMILES string of the molecule is CC/C=C\C/C=C\C/C=C\C/C=C\C/C=C\C/C=C\C/C=C\CCCCCCCC(=O)OC(COC(=O)CCCCCCCCCCCCCCC/C=C\CCCCCCCCCC)COC(OCC[N+](C)(C)C)C(=O)O. The fraction of sp³-hybridized carbons (Fsp3) is 0.721. The molecule has 0 aliphatic heterocycles. The molecule has 0 saturated heterocycles. The van der Waals surface area contributed by atoms with Gasteiger partial charge in [-0.3, -0.25) is 9.59 Å². The smallest absolute Gasteiger partial charge is 0.361 e. The summed E-state index contributed by atoms with van der Waals surface area (Å²) < 4.78 is 22.9. The standard InChI is InChI=1S/C68H117NO8/c1-6-8-10-12-14-16-18-20-22-24-26-28-30-32-33-35-37-39-41-43-45-47-49-51-53-55-57-59-66(71)77-64(63-76-68(67(72)73)74-61-60-69(3,4)5)62-75-65(70)58-56-54-52-50-48-46-44-42-40-38-36-34-31-29-27-25-23-21-19-17-15-13-11-9-7-2/h8,10,14,16,20,22,25-28,32-33,37,39,43,45,64,68H,6-7,9,11-13,15,17-19,21,23-24,29-31,34-36,38,40-42,44,46-63H2,1-5H3/p+1/b10-8-,16-14-,22-20-,27-25-,28-26-,33-32-,39-37-,45-43-. The highest BCUT2D eigenvalue weighted by Crippen LogP contribution is 2.16. The molecule has 0 aromatic rings. The van der Waals surface area contributed by atoms with Gasteiger partial charge in [0.05, 0.1) is 34.4 Å². The third kappa shape index (κ3) is 59.7. The lowest BCUT2D eigenvalue weighted by Gasteiger charge is -2.25. The van der Waals surface area contributed by atoms with Gasteiger partial charge in [-0.2, -0.15) is 0 Å². The van der Waals surface area contributed by atoms with Gasteiger partial charge in [0.15, 0.2) is 6.10 Å². The summed E-state index contributed by atoms with van der Waals surface area (Å²) in [6.45, 7) is 4.75. The van der Waals surface area contributed by atoms with E-state index in [0.29, 0.717) is 23.9 Å². The van der Waals surface area contributed by atoms with Crippen molar-refractivity contribution in [2.24, 2.45) is 0 Å². The van der Waals surface area contributed by atoms with Crippen LogP contribution in [0, 0.1) is 0 Å². The molecule has 1 N–H and O–H groups in total. The number of nitrogens with zero attached hydrogens (tertiary/aromatic N) is 1. The Morgan fingerprint density at radius 1 is 0.403 bits per heavy atom. The Morgan fingerprint density at radius 2 is 0.740 bits per heavy atom. The molecule has 77 heavy (non-hydrogen) atoms. The number of aliphatic carboxylic acids is 1. The first-order chi connectivity index (χ1) is 37.6. The number of unbranched alkanes of at least 4 members (excludes halogenated alkanes) is 26. The molecule has 9 nitrogen and oxygen atoms in total. The largest absolute Gasteiger partial charge is 0.477 e. The van der Waals surface area contributed by atoms with E-state index in [-0.39, 0.29) is 32.2 Å². The zero-order valence-electron chi connectivity index (χ0n) is 50.3. The van der Waals surface area contributed by atoms with Gasteiger partial charge in [-0.15, -0.1) is 0 Å². The number of carboxylic acids is 1. The van der Waals surface area contributed by atoms with E-state index in [1.54, 1.807) is 0 Å². The van der Waals surface area contributed by atoms with E-state index in [0.717, 1.165) is 96.3 Å². The normalized spacial score (nSPS) is 13.4. The topological polar surface area (TPSA) is 108 Å². The Hall–Kier alpha value is -3.79. The Kier molecular flexibility index (Phi) is 55.5. The van der Waals surface area contributed by atoms with Crippen LogP contribution in [0.25, 0.3) is 0 Å². The predicted molar refractivity (Wildman–Crippen MR) is 327 cm³/mol. The molecule has 2 atom stereocenters. The molecule has 0 heterocycles. The summed E-state index contributed by atoms with van der Waals surface area (Å²) in [5, 5.41) is 9.72. The molecule has 0 rings (SSSR count). The quantitative estimate of drug-likeness (QED) is 0.0211. The second-order valence-electron chi connectivity index (χ2n) is 22.0. The van der Waals surface area contributed by atoms with Crippen LogP contribution >= 0.6 is 0 Å². The fourth-order valence-electron chi connectivity index (χ4n) is 8.52. The molecule has 0 aliphatic rings. The molecule has 0 fully saturated rings. The van der Waals surface area contributed by atoms with Gasteiger partial charge in [0, 0.05) is 12.8 Å². The van der Waals surface area contributed by atoms with Crippen molar-refractivity contribution in [1.82, 2.24) is 0 Å². The number of quaternary nitrogens is 1. The van der Waals surface area contributed by atoms with Crippen LogP contribution in [0.1, 0.15) is 258 Å². The number of carbonyl (C=O) groups excluding carboxylic acids is 2. The molecule has 442 valence electrons. The Labute approximate surface area is 473 Å². The van der Waals surface area contributed by atoms with Crippen LogP contribution in [0.5, 0.6) is 0 Å². The van der Waals surface area contributed by atoms with E-state index >= 15 is 0 Å². The van der Waals surface area contributed by atoms with Gasteiger partial charge < -0.3 is 28.5 Å². The highest BCUT2D eigenvalue weighted by Gasteiger charge is 2.25. The van der Waals surface area contributed by atoms with Crippen molar-refractivity contribution in [2.45, 2.75) is 270 Å². The van der Waals surface area contributed by atoms with E-state index in [1.165, 1.54) is 128 Å². The van der Waals surface area contributed by atoms with Gasteiger partial charge in [-0.25, -0.2) is 4.79 Å². The first-order valence-electron chi connectivity index (χ1n) is 31.4. The summed E-state index contributed by atoms with van der Waals surface area (Å²) in [6.07, 6.45) is 76.3. The summed E-state index contributed by atoms with van der Waals surface area (Å²) in [5.74, 6) is -2.03.